The highest BCUT2D eigenvalue weighted by atomic mass is 16.6. The number of fused-ring (bicyclic) bond motifs is 2. The average molecular weight is 402 g/mol. The normalized spacial score (nSPS) is 12.7. The van der Waals surface area contributed by atoms with Crippen LogP contribution in [0.15, 0.2) is 75.9 Å². The minimum Gasteiger partial charge on any atom is -0.502 e. The highest BCUT2D eigenvalue weighted by Crippen LogP contribution is 2.38. The highest BCUT2D eigenvalue weighted by molar-refractivity contribution is 5.83. The Labute approximate surface area is 171 Å². The first-order chi connectivity index (χ1) is 14.7. The van der Waals surface area contributed by atoms with E-state index in [9.17, 15) is 9.90 Å². The first-order valence-electron chi connectivity index (χ1n) is 9.55. The standard InChI is InChI=1S/C24H18O6/c25-22-18-8-7-17(29-14-15-4-2-1-3-5-15)13-20(18)30-24(23(22)26)16-6-9-19-21(12-16)28-11-10-27-19/h1-9,12-13,26H,10-11,14H2. The van der Waals surface area contributed by atoms with Crippen LogP contribution in [0.2, 0.25) is 0 Å². The molecule has 150 valence electrons. The second-order valence-corrected chi connectivity index (χ2v) is 6.90. The zero-order valence-corrected chi connectivity index (χ0v) is 16.0. The predicted molar refractivity (Wildman–Crippen MR) is 111 cm³/mol. The van der Waals surface area contributed by atoms with Gasteiger partial charge in [-0.15, -0.1) is 0 Å². The summed E-state index contributed by atoms with van der Waals surface area (Å²) < 4.78 is 22.9. The first kappa shape index (κ1) is 18.1. The summed E-state index contributed by atoms with van der Waals surface area (Å²) in [4.78, 5) is 12.7. The number of benzene rings is 3. The molecule has 1 aliphatic rings. The molecule has 1 aromatic heterocycles. The summed E-state index contributed by atoms with van der Waals surface area (Å²) in [5, 5.41) is 10.7. The number of rotatable bonds is 4. The summed E-state index contributed by atoms with van der Waals surface area (Å²) in [5.41, 5.74) is 1.37. The van der Waals surface area contributed by atoms with Gasteiger partial charge in [0.1, 0.15) is 31.2 Å². The van der Waals surface area contributed by atoms with Crippen LogP contribution in [0.5, 0.6) is 23.0 Å². The summed E-state index contributed by atoms with van der Waals surface area (Å²) in [6, 6.07) is 19.8. The van der Waals surface area contributed by atoms with E-state index in [1.54, 1.807) is 36.4 Å². The smallest absolute Gasteiger partial charge is 0.235 e. The quantitative estimate of drug-likeness (QED) is 0.541. The lowest BCUT2D eigenvalue weighted by Gasteiger charge is -2.18. The van der Waals surface area contributed by atoms with Gasteiger partial charge in [-0.1, -0.05) is 30.3 Å². The van der Waals surface area contributed by atoms with E-state index in [2.05, 4.69) is 0 Å². The molecule has 0 atom stereocenters. The molecule has 3 aromatic carbocycles. The maximum atomic E-state index is 12.7. The van der Waals surface area contributed by atoms with Crippen molar-refractivity contribution in [1.82, 2.24) is 0 Å². The molecule has 1 N–H and O–H groups in total. The van der Waals surface area contributed by atoms with Gasteiger partial charge < -0.3 is 23.7 Å². The van der Waals surface area contributed by atoms with Crippen molar-refractivity contribution in [3.8, 4) is 34.3 Å². The van der Waals surface area contributed by atoms with E-state index in [0.717, 1.165) is 5.56 Å². The van der Waals surface area contributed by atoms with Crippen LogP contribution in [-0.4, -0.2) is 18.3 Å². The average Bonchev–Trinajstić information content (AvgIpc) is 2.80. The van der Waals surface area contributed by atoms with Crippen LogP contribution in [0.3, 0.4) is 0 Å². The lowest BCUT2D eigenvalue weighted by molar-refractivity contribution is 0.171. The van der Waals surface area contributed by atoms with E-state index in [4.69, 9.17) is 18.6 Å². The van der Waals surface area contributed by atoms with E-state index >= 15 is 0 Å². The molecule has 0 saturated heterocycles. The maximum absolute atomic E-state index is 12.7. The van der Waals surface area contributed by atoms with Gasteiger partial charge in [-0.05, 0) is 35.9 Å². The Morgan fingerprint density at radius 3 is 2.53 bits per heavy atom. The third kappa shape index (κ3) is 3.33. The monoisotopic (exact) mass is 402 g/mol. The molecule has 6 heteroatoms. The molecule has 0 unspecified atom stereocenters. The molecular weight excluding hydrogens is 384 g/mol. The van der Waals surface area contributed by atoms with Crippen molar-refractivity contribution in [2.75, 3.05) is 13.2 Å². The third-order valence-electron chi connectivity index (χ3n) is 4.89. The van der Waals surface area contributed by atoms with Crippen LogP contribution in [-0.2, 0) is 6.61 Å². The topological polar surface area (TPSA) is 78.1 Å². The third-order valence-corrected chi connectivity index (χ3v) is 4.89. The predicted octanol–water partition coefficient (Wildman–Crippen LogP) is 4.52. The highest BCUT2D eigenvalue weighted by Gasteiger charge is 2.19. The Balaban J connectivity index is 1.53. The molecule has 0 radical (unpaired) electrons. The van der Waals surface area contributed by atoms with Gasteiger partial charge in [0.2, 0.25) is 11.2 Å². The Kier molecular flexibility index (Phi) is 4.52. The summed E-state index contributed by atoms with van der Waals surface area (Å²) in [5.74, 6) is 1.35. The molecule has 0 spiro atoms. The Morgan fingerprint density at radius 2 is 1.70 bits per heavy atom. The fraction of sp³-hybridized carbons (Fsp3) is 0.125. The largest absolute Gasteiger partial charge is 0.502 e. The molecule has 30 heavy (non-hydrogen) atoms. The number of ether oxygens (including phenoxy) is 3. The van der Waals surface area contributed by atoms with Gasteiger partial charge in [0.25, 0.3) is 0 Å². The van der Waals surface area contributed by atoms with Crippen molar-refractivity contribution in [2.45, 2.75) is 6.61 Å². The van der Waals surface area contributed by atoms with Crippen LogP contribution in [0, 0.1) is 0 Å². The lowest BCUT2D eigenvalue weighted by atomic mass is 10.1. The molecule has 5 rings (SSSR count). The van der Waals surface area contributed by atoms with Gasteiger partial charge in [0, 0.05) is 11.6 Å². The van der Waals surface area contributed by atoms with Crippen molar-refractivity contribution in [2.24, 2.45) is 0 Å². The fourth-order valence-corrected chi connectivity index (χ4v) is 3.37. The fourth-order valence-electron chi connectivity index (χ4n) is 3.37. The Bertz CT molecular complexity index is 1280. The van der Waals surface area contributed by atoms with Gasteiger partial charge in [0.15, 0.2) is 17.3 Å². The minimum absolute atomic E-state index is 0.0738. The van der Waals surface area contributed by atoms with Crippen LogP contribution < -0.4 is 19.6 Å². The lowest BCUT2D eigenvalue weighted by Crippen LogP contribution is -2.15. The van der Waals surface area contributed by atoms with Gasteiger partial charge in [-0.25, -0.2) is 0 Å². The van der Waals surface area contributed by atoms with Crippen molar-refractivity contribution in [3.63, 3.8) is 0 Å². The molecule has 1 aliphatic heterocycles. The summed E-state index contributed by atoms with van der Waals surface area (Å²) in [6.07, 6.45) is 0. The molecule has 0 saturated carbocycles. The van der Waals surface area contributed by atoms with E-state index in [-0.39, 0.29) is 11.1 Å². The van der Waals surface area contributed by atoms with Crippen molar-refractivity contribution in [3.05, 3.63) is 82.5 Å². The van der Waals surface area contributed by atoms with E-state index in [1.165, 1.54) is 0 Å². The SMILES string of the molecule is O=c1c(O)c(-c2ccc3c(c2)OCCO3)oc2cc(OCc3ccccc3)ccc12. The summed E-state index contributed by atoms with van der Waals surface area (Å²) in [7, 11) is 0. The zero-order chi connectivity index (χ0) is 20.5. The maximum Gasteiger partial charge on any atom is 0.235 e. The number of hydrogen-bond donors (Lipinski definition) is 1. The van der Waals surface area contributed by atoms with Gasteiger partial charge in [0.05, 0.1) is 5.39 Å². The minimum atomic E-state index is -0.504. The van der Waals surface area contributed by atoms with Crippen LogP contribution >= 0.6 is 0 Å². The van der Waals surface area contributed by atoms with Gasteiger partial charge >= 0.3 is 0 Å². The first-order valence-corrected chi connectivity index (χ1v) is 9.55. The van der Waals surface area contributed by atoms with Gasteiger partial charge in [-0.2, -0.15) is 0 Å². The molecule has 6 nitrogen and oxygen atoms in total. The van der Waals surface area contributed by atoms with Crippen molar-refractivity contribution < 1.29 is 23.7 Å². The zero-order valence-electron chi connectivity index (χ0n) is 16.0. The molecule has 0 bridgehead atoms. The molecule has 2 heterocycles. The Hall–Kier alpha value is -3.93. The molecule has 0 fully saturated rings. The molecular formula is C24H18O6. The van der Waals surface area contributed by atoms with Crippen LogP contribution in [0.1, 0.15) is 5.56 Å². The molecule has 0 aliphatic carbocycles. The summed E-state index contributed by atoms with van der Waals surface area (Å²) >= 11 is 0. The second-order valence-electron chi connectivity index (χ2n) is 6.90. The molecule has 0 amide bonds. The van der Waals surface area contributed by atoms with Crippen molar-refractivity contribution in [1.29, 1.82) is 0 Å². The van der Waals surface area contributed by atoms with Crippen LogP contribution in [0.4, 0.5) is 0 Å². The number of aromatic hydroxyl groups is 1. The summed E-state index contributed by atoms with van der Waals surface area (Å²) in [6.45, 7) is 1.31. The molecule has 4 aromatic rings. The number of hydrogen-bond acceptors (Lipinski definition) is 6. The van der Waals surface area contributed by atoms with Gasteiger partial charge in [-0.3, -0.25) is 4.79 Å². The van der Waals surface area contributed by atoms with Crippen molar-refractivity contribution >= 4 is 11.0 Å². The van der Waals surface area contributed by atoms with E-state index in [1.807, 2.05) is 30.3 Å². The van der Waals surface area contributed by atoms with E-state index in [0.29, 0.717) is 48.2 Å². The Morgan fingerprint density at radius 1 is 0.900 bits per heavy atom. The second kappa shape index (κ2) is 7.48. The van der Waals surface area contributed by atoms with Crippen LogP contribution in [0.25, 0.3) is 22.3 Å². The van der Waals surface area contributed by atoms with E-state index < -0.39 is 11.2 Å².